The highest BCUT2D eigenvalue weighted by molar-refractivity contribution is 6.12. The fraction of sp³-hybridized carbons (Fsp3) is 0.114. The topological polar surface area (TPSA) is 42.4 Å². The van der Waals surface area contributed by atoms with Gasteiger partial charge >= 0.3 is 0 Å². The highest BCUT2D eigenvalue weighted by atomic mass is 16.3. The normalized spacial score (nSPS) is 12.0. The zero-order chi connectivity index (χ0) is 26.6. The van der Waals surface area contributed by atoms with Crippen molar-refractivity contribution in [2.45, 2.75) is 26.3 Å². The molecular formula is C35H28N2O2. The van der Waals surface area contributed by atoms with Crippen molar-refractivity contribution >= 4 is 44.4 Å². The minimum absolute atomic E-state index is 0.177. The lowest BCUT2D eigenvalue weighted by molar-refractivity contribution is 0.561. The quantitative estimate of drug-likeness (QED) is 0.237. The molecule has 4 heteroatoms. The Kier molecular flexibility index (Phi) is 5.31. The first-order chi connectivity index (χ1) is 19.0. The van der Waals surface area contributed by atoms with E-state index in [0.29, 0.717) is 5.89 Å². The van der Waals surface area contributed by atoms with Crippen LogP contribution in [0.15, 0.2) is 124 Å². The molecule has 0 fully saturated rings. The third-order valence-corrected chi connectivity index (χ3v) is 7.16. The number of rotatable bonds is 4. The summed E-state index contributed by atoms with van der Waals surface area (Å²) in [5, 5.41) is 2.26. The molecule has 0 aliphatic carbocycles. The van der Waals surface area contributed by atoms with Gasteiger partial charge in [-0.25, -0.2) is 4.98 Å². The number of nitrogens with zero attached hydrogens (tertiary/aromatic N) is 2. The van der Waals surface area contributed by atoms with Gasteiger partial charge in [0, 0.05) is 27.7 Å². The molecule has 7 rings (SSSR count). The van der Waals surface area contributed by atoms with Crippen LogP contribution in [-0.2, 0) is 0 Å². The average molecular weight is 509 g/mol. The highest BCUT2D eigenvalue weighted by Crippen LogP contribution is 2.42. The van der Waals surface area contributed by atoms with Crippen LogP contribution in [0, 0.1) is 0 Å². The van der Waals surface area contributed by atoms with E-state index in [0.717, 1.165) is 61.1 Å². The Bertz CT molecular complexity index is 1940. The van der Waals surface area contributed by atoms with Crippen LogP contribution in [0.4, 0.5) is 11.4 Å². The number of benzene rings is 5. The summed E-state index contributed by atoms with van der Waals surface area (Å²) in [6, 6.07) is 39.4. The molecule has 0 spiro atoms. The van der Waals surface area contributed by atoms with E-state index in [1.54, 1.807) is 0 Å². The molecule has 2 aromatic heterocycles. The summed E-state index contributed by atoms with van der Waals surface area (Å²) < 4.78 is 12.5. The lowest BCUT2D eigenvalue weighted by atomic mass is 9.99. The molecule has 0 unspecified atom stereocenters. The number of furan rings is 1. The number of anilines is 2. The zero-order valence-electron chi connectivity index (χ0n) is 22.2. The maximum atomic E-state index is 6.29. The molecule has 0 aliphatic rings. The second-order valence-corrected chi connectivity index (χ2v) is 10.8. The third kappa shape index (κ3) is 3.96. The van der Waals surface area contributed by atoms with Gasteiger partial charge in [0.2, 0.25) is 5.89 Å². The Hall–Kier alpha value is -4.83. The minimum Gasteiger partial charge on any atom is -0.456 e. The molecule has 4 nitrogen and oxygen atoms in total. The molecule has 39 heavy (non-hydrogen) atoms. The molecule has 190 valence electrons. The monoisotopic (exact) mass is 508 g/mol. The van der Waals surface area contributed by atoms with Crippen molar-refractivity contribution in [3.8, 4) is 22.6 Å². The molecule has 0 saturated heterocycles. The Balaban J connectivity index is 1.33. The van der Waals surface area contributed by atoms with Crippen molar-refractivity contribution < 1.29 is 8.83 Å². The van der Waals surface area contributed by atoms with Gasteiger partial charge in [-0.3, -0.25) is 0 Å². The average Bonchev–Trinajstić information content (AvgIpc) is 3.56. The number of fused-ring (bicyclic) bond motifs is 4. The summed E-state index contributed by atoms with van der Waals surface area (Å²) in [6.07, 6.45) is 0. The largest absolute Gasteiger partial charge is 0.456 e. The summed E-state index contributed by atoms with van der Waals surface area (Å²) in [7, 11) is 0. The summed E-state index contributed by atoms with van der Waals surface area (Å²) in [5.41, 5.74) is 8.59. The van der Waals surface area contributed by atoms with E-state index in [-0.39, 0.29) is 5.54 Å². The van der Waals surface area contributed by atoms with Gasteiger partial charge < -0.3 is 13.7 Å². The van der Waals surface area contributed by atoms with Gasteiger partial charge in [0.1, 0.15) is 16.7 Å². The number of para-hydroxylation sites is 2. The fourth-order valence-corrected chi connectivity index (χ4v) is 5.50. The lowest BCUT2D eigenvalue weighted by Gasteiger charge is -2.38. The van der Waals surface area contributed by atoms with Crippen molar-refractivity contribution in [1.82, 2.24) is 4.98 Å². The van der Waals surface area contributed by atoms with Crippen LogP contribution in [-0.4, -0.2) is 10.5 Å². The molecule has 5 aromatic carbocycles. The Morgan fingerprint density at radius 3 is 2.13 bits per heavy atom. The molecule has 0 radical (unpaired) electrons. The lowest BCUT2D eigenvalue weighted by Crippen LogP contribution is -2.37. The van der Waals surface area contributed by atoms with Crippen LogP contribution in [0.25, 0.3) is 55.6 Å². The predicted octanol–water partition coefficient (Wildman–Crippen LogP) is 10.00. The molecule has 0 aliphatic heterocycles. The van der Waals surface area contributed by atoms with Gasteiger partial charge in [0.15, 0.2) is 5.58 Å². The van der Waals surface area contributed by atoms with E-state index < -0.39 is 0 Å². The standard InChI is InChI=1S/C35H28N2O2/c1-35(2,3)37(29-16-10-18-31-32(29)27-13-7-8-17-30(27)38-31)25-21-19-23(20-22-25)26-14-9-15-28-33(26)39-34(36-28)24-11-5-4-6-12-24/h4-22H,1-3H3. The van der Waals surface area contributed by atoms with E-state index in [4.69, 9.17) is 13.8 Å². The molecular weight excluding hydrogens is 480 g/mol. The van der Waals surface area contributed by atoms with Crippen molar-refractivity contribution in [2.75, 3.05) is 4.90 Å². The Labute approximate surface area is 227 Å². The number of aromatic nitrogens is 1. The Morgan fingerprint density at radius 1 is 0.615 bits per heavy atom. The smallest absolute Gasteiger partial charge is 0.227 e. The van der Waals surface area contributed by atoms with E-state index in [9.17, 15) is 0 Å². The van der Waals surface area contributed by atoms with Gasteiger partial charge in [0.25, 0.3) is 0 Å². The second kappa shape index (κ2) is 8.88. The van der Waals surface area contributed by atoms with Crippen molar-refractivity contribution in [1.29, 1.82) is 0 Å². The third-order valence-electron chi connectivity index (χ3n) is 7.16. The molecule has 0 amide bonds. The molecule has 0 bridgehead atoms. The van der Waals surface area contributed by atoms with E-state index in [2.05, 4.69) is 80.3 Å². The number of hydrogen-bond acceptors (Lipinski definition) is 4. The highest BCUT2D eigenvalue weighted by Gasteiger charge is 2.27. The number of oxazole rings is 1. The van der Waals surface area contributed by atoms with Gasteiger partial charge in [-0.05, 0) is 74.9 Å². The molecule has 2 heterocycles. The van der Waals surface area contributed by atoms with Crippen molar-refractivity contribution in [2.24, 2.45) is 0 Å². The van der Waals surface area contributed by atoms with Crippen LogP contribution in [0.5, 0.6) is 0 Å². The second-order valence-electron chi connectivity index (χ2n) is 10.8. The van der Waals surface area contributed by atoms with Crippen molar-refractivity contribution in [3.05, 3.63) is 115 Å². The van der Waals surface area contributed by atoms with Gasteiger partial charge in [0.05, 0.1) is 11.1 Å². The summed E-state index contributed by atoms with van der Waals surface area (Å²) in [4.78, 5) is 7.14. The molecule has 0 atom stereocenters. The predicted molar refractivity (Wildman–Crippen MR) is 160 cm³/mol. The van der Waals surface area contributed by atoms with Crippen molar-refractivity contribution in [3.63, 3.8) is 0 Å². The van der Waals surface area contributed by atoms with Gasteiger partial charge in [-0.15, -0.1) is 0 Å². The zero-order valence-corrected chi connectivity index (χ0v) is 22.2. The minimum atomic E-state index is -0.177. The number of hydrogen-bond donors (Lipinski definition) is 0. The molecule has 0 N–H and O–H groups in total. The first-order valence-corrected chi connectivity index (χ1v) is 13.2. The van der Waals surface area contributed by atoms with E-state index in [1.807, 2.05) is 60.7 Å². The molecule has 7 aromatic rings. The van der Waals surface area contributed by atoms with Crippen LogP contribution >= 0.6 is 0 Å². The van der Waals surface area contributed by atoms with Crippen LogP contribution < -0.4 is 4.90 Å². The maximum Gasteiger partial charge on any atom is 0.227 e. The first kappa shape index (κ1) is 23.3. The fourth-order valence-electron chi connectivity index (χ4n) is 5.50. The SMILES string of the molecule is CC(C)(C)N(c1ccc(-c2cccc3nc(-c4ccccc4)oc23)cc1)c1cccc2oc3ccccc3c12. The van der Waals surface area contributed by atoms with Crippen LogP contribution in [0.3, 0.4) is 0 Å². The van der Waals surface area contributed by atoms with E-state index in [1.165, 1.54) is 0 Å². The summed E-state index contributed by atoms with van der Waals surface area (Å²) in [6.45, 7) is 6.72. The molecule has 0 saturated carbocycles. The van der Waals surface area contributed by atoms with Gasteiger partial charge in [-0.1, -0.05) is 66.7 Å². The Morgan fingerprint density at radius 2 is 1.33 bits per heavy atom. The summed E-state index contributed by atoms with van der Waals surface area (Å²) in [5.74, 6) is 0.633. The van der Waals surface area contributed by atoms with Gasteiger partial charge in [-0.2, -0.15) is 0 Å². The van der Waals surface area contributed by atoms with E-state index >= 15 is 0 Å². The van der Waals surface area contributed by atoms with Crippen LogP contribution in [0.1, 0.15) is 20.8 Å². The summed E-state index contributed by atoms with van der Waals surface area (Å²) >= 11 is 0. The van der Waals surface area contributed by atoms with Crippen LogP contribution in [0.2, 0.25) is 0 Å². The first-order valence-electron chi connectivity index (χ1n) is 13.2. The maximum absolute atomic E-state index is 6.29.